The van der Waals surface area contributed by atoms with Crippen LogP contribution in [0.1, 0.15) is 18.1 Å². The van der Waals surface area contributed by atoms with Gasteiger partial charge in [0.1, 0.15) is 18.0 Å². The summed E-state index contributed by atoms with van der Waals surface area (Å²) in [5, 5.41) is 10.4. The van der Waals surface area contributed by atoms with E-state index in [-0.39, 0.29) is 5.69 Å². The monoisotopic (exact) mass is 388 g/mol. The van der Waals surface area contributed by atoms with Gasteiger partial charge in [0.05, 0.1) is 16.6 Å². The number of carbonyl (C=O) groups is 1. The van der Waals surface area contributed by atoms with Gasteiger partial charge in [0.25, 0.3) is 0 Å². The predicted octanol–water partition coefficient (Wildman–Crippen LogP) is 4.28. The topological polar surface area (TPSA) is 59.8 Å². The fourth-order valence-electron chi connectivity index (χ4n) is 2.58. The van der Waals surface area contributed by atoms with Crippen LogP contribution in [-0.2, 0) is 4.79 Å². The van der Waals surface area contributed by atoms with E-state index in [2.05, 4.69) is 15.5 Å². The lowest BCUT2D eigenvalue weighted by atomic mass is 10.1. The maximum atomic E-state index is 13.7. The molecule has 1 N–H and O–H groups in total. The van der Waals surface area contributed by atoms with Crippen molar-refractivity contribution < 1.29 is 13.6 Å². The summed E-state index contributed by atoms with van der Waals surface area (Å²) in [7, 11) is 0. The summed E-state index contributed by atoms with van der Waals surface area (Å²) in [6.07, 6.45) is 1.58. The van der Waals surface area contributed by atoms with Crippen LogP contribution in [0, 0.1) is 25.5 Å². The molecule has 0 aliphatic rings. The number of amides is 1. The highest BCUT2D eigenvalue weighted by Gasteiger charge is 2.20. The van der Waals surface area contributed by atoms with Crippen molar-refractivity contribution in [3.05, 3.63) is 65.5 Å². The molecule has 0 spiro atoms. The fraction of sp³-hybridized carbons (Fsp3) is 0.211. The van der Waals surface area contributed by atoms with Crippen LogP contribution < -0.4 is 5.32 Å². The molecule has 5 nitrogen and oxygen atoms in total. The molecule has 1 amide bonds. The van der Waals surface area contributed by atoms with Crippen LogP contribution in [0.4, 0.5) is 14.5 Å². The third-order valence-corrected chi connectivity index (χ3v) is 5.02. The lowest BCUT2D eigenvalue weighted by molar-refractivity contribution is -0.115. The predicted molar refractivity (Wildman–Crippen MR) is 101 cm³/mol. The Labute approximate surface area is 159 Å². The molecule has 1 heterocycles. The van der Waals surface area contributed by atoms with Gasteiger partial charge in [0.2, 0.25) is 5.91 Å². The van der Waals surface area contributed by atoms with E-state index in [1.165, 1.54) is 11.8 Å². The van der Waals surface area contributed by atoms with Crippen molar-refractivity contribution in [3.8, 4) is 5.69 Å². The molecule has 0 saturated carbocycles. The minimum absolute atomic E-state index is 0.191. The number of aromatic nitrogens is 3. The Kier molecular flexibility index (Phi) is 5.55. The second-order valence-electron chi connectivity index (χ2n) is 6.15. The van der Waals surface area contributed by atoms with Gasteiger partial charge in [-0.05, 0) is 44.5 Å². The summed E-state index contributed by atoms with van der Waals surface area (Å²) in [5.74, 6) is -1.78. The molecule has 0 radical (unpaired) electrons. The molecule has 8 heteroatoms. The van der Waals surface area contributed by atoms with Gasteiger partial charge in [-0.25, -0.2) is 8.78 Å². The van der Waals surface area contributed by atoms with E-state index in [1.807, 2.05) is 32.0 Å². The van der Waals surface area contributed by atoms with Crippen LogP contribution in [0.15, 0.2) is 47.9 Å². The number of thioether (sulfide) groups is 1. The van der Waals surface area contributed by atoms with Crippen LogP contribution in [-0.4, -0.2) is 25.9 Å². The molecule has 2 aromatic carbocycles. The van der Waals surface area contributed by atoms with E-state index >= 15 is 0 Å². The van der Waals surface area contributed by atoms with Crippen molar-refractivity contribution in [2.24, 2.45) is 0 Å². The van der Waals surface area contributed by atoms with Gasteiger partial charge in [0, 0.05) is 6.07 Å². The van der Waals surface area contributed by atoms with Gasteiger partial charge in [-0.15, -0.1) is 10.2 Å². The first-order valence-corrected chi connectivity index (χ1v) is 9.13. The number of hydrogen-bond acceptors (Lipinski definition) is 4. The maximum absolute atomic E-state index is 13.7. The van der Waals surface area contributed by atoms with Crippen molar-refractivity contribution in [2.45, 2.75) is 31.2 Å². The number of halogens is 2. The molecule has 3 aromatic rings. The molecule has 0 aliphatic heterocycles. The normalized spacial score (nSPS) is 12.0. The average Bonchev–Trinajstić information content (AvgIpc) is 3.06. The first-order chi connectivity index (χ1) is 12.8. The summed E-state index contributed by atoms with van der Waals surface area (Å²) < 4.78 is 28.8. The molecular weight excluding hydrogens is 370 g/mol. The highest BCUT2D eigenvalue weighted by Crippen LogP contribution is 2.27. The van der Waals surface area contributed by atoms with Crippen LogP contribution in [0.25, 0.3) is 5.69 Å². The minimum atomic E-state index is -0.694. The average molecular weight is 388 g/mol. The third kappa shape index (κ3) is 4.33. The van der Waals surface area contributed by atoms with Gasteiger partial charge in [-0.2, -0.15) is 0 Å². The van der Waals surface area contributed by atoms with E-state index in [1.54, 1.807) is 17.8 Å². The first-order valence-electron chi connectivity index (χ1n) is 8.25. The molecule has 1 unspecified atom stereocenters. The number of rotatable bonds is 5. The number of hydrogen-bond donors (Lipinski definition) is 1. The molecular formula is C19H18F2N4OS. The van der Waals surface area contributed by atoms with E-state index < -0.39 is 22.8 Å². The molecule has 140 valence electrons. The fourth-order valence-corrected chi connectivity index (χ4v) is 3.42. The van der Waals surface area contributed by atoms with Crippen molar-refractivity contribution in [3.63, 3.8) is 0 Å². The SMILES string of the molecule is Cc1ccc(-n2cnnc2SC(C)C(=O)Nc2cc(F)ccc2F)c(C)c1. The van der Waals surface area contributed by atoms with E-state index in [0.717, 1.165) is 35.0 Å². The molecule has 0 bridgehead atoms. The maximum Gasteiger partial charge on any atom is 0.237 e. The highest BCUT2D eigenvalue weighted by molar-refractivity contribution is 8.00. The van der Waals surface area contributed by atoms with Crippen LogP contribution >= 0.6 is 11.8 Å². The van der Waals surface area contributed by atoms with Crippen molar-refractivity contribution in [1.82, 2.24) is 14.8 Å². The number of carbonyl (C=O) groups excluding carboxylic acids is 1. The second kappa shape index (κ2) is 7.87. The zero-order chi connectivity index (χ0) is 19.6. The van der Waals surface area contributed by atoms with E-state index in [4.69, 9.17) is 0 Å². The Morgan fingerprint density at radius 3 is 2.70 bits per heavy atom. The number of benzene rings is 2. The summed E-state index contributed by atoms with van der Waals surface area (Å²) in [5.41, 5.74) is 2.92. The lowest BCUT2D eigenvalue weighted by Gasteiger charge is -2.14. The zero-order valence-electron chi connectivity index (χ0n) is 15.0. The molecule has 27 heavy (non-hydrogen) atoms. The van der Waals surface area contributed by atoms with Crippen LogP contribution in [0.2, 0.25) is 0 Å². The smallest absolute Gasteiger partial charge is 0.237 e. The van der Waals surface area contributed by atoms with E-state index in [9.17, 15) is 13.6 Å². The lowest BCUT2D eigenvalue weighted by Crippen LogP contribution is -2.23. The van der Waals surface area contributed by atoms with Gasteiger partial charge < -0.3 is 5.32 Å². The summed E-state index contributed by atoms with van der Waals surface area (Å²) in [6.45, 7) is 5.66. The number of nitrogens with zero attached hydrogens (tertiary/aromatic N) is 3. The Hall–Kier alpha value is -2.74. The first kappa shape index (κ1) is 19.0. The molecule has 3 rings (SSSR count). The largest absolute Gasteiger partial charge is 0.323 e. The standard InChI is InChI=1S/C19H18F2N4OS/c1-11-4-7-17(12(2)8-11)25-10-22-24-19(25)27-13(3)18(26)23-16-9-14(20)5-6-15(16)21/h4-10,13H,1-3H3,(H,23,26). The second-order valence-corrected chi connectivity index (χ2v) is 7.45. The zero-order valence-corrected chi connectivity index (χ0v) is 15.8. The summed E-state index contributed by atoms with van der Waals surface area (Å²) >= 11 is 1.18. The van der Waals surface area contributed by atoms with E-state index in [0.29, 0.717) is 5.16 Å². The minimum Gasteiger partial charge on any atom is -0.323 e. The molecule has 0 aliphatic carbocycles. The summed E-state index contributed by atoms with van der Waals surface area (Å²) in [4.78, 5) is 12.4. The van der Waals surface area contributed by atoms with Crippen molar-refractivity contribution in [1.29, 1.82) is 0 Å². The molecule has 0 fully saturated rings. The van der Waals surface area contributed by atoms with Crippen molar-refractivity contribution in [2.75, 3.05) is 5.32 Å². The van der Waals surface area contributed by atoms with Gasteiger partial charge in [-0.3, -0.25) is 9.36 Å². The Morgan fingerprint density at radius 1 is 1.19 bits per heavy atom. The Balaban J connectivity index is 1.77. The molecule has 1 atom stereocenters. The number of nitrogens with one attached hydrogen (secondary N) is 1. The van der Waals surface area contributed by atoms with Gasteiger partial charge in [0.15, 0.2) is 5.16 Å². The molecule has 1 aromatic heterocycles. The Morgan fingerprint density at radius 2 is 1.96 bits per heavy atom. The quantitative estimate of drug-likeness (QED) is 0.663. The van der Waals surface area contributed by atoms with Gasteiger partial charge >= 0.3 is 0 Å². The highest BCUT2D eigenvalue weighted by atomic mass is 32.2. The van der Waals surface area contributed by atoms with Crippen LogP contribution in [0.3, 0.4) is 0 Å². The van der Waals surface area contributed by atoms with Crippen LogP contribution in [0.5, 0.6) is 0 Å². The molecule has 0 saturated heterocycles. The van der Waals surface area contributed by atoms with Crippen molar-refractivity contribution >= 4 is 23.4 Å². The Bertz CT molecular complexity index is 990. The number of anilines is 1. The third-order valence-electron chi connectivity index (χ3n) is 3.97. The number of aryl methyl sites for hydroxylation is 2. The van der Waals surface area contributed by atoms with Gasteiger partial charge in [-0.1, -0.05) is 29.5 Å². The summed E-state index contributed by atoms with van der Waals surface area (Å²) in [6, 6.07) is 8.91.